The highest BCUT2D eigenvalue weighted by Crippen LogP contribution is 2.38. The van der Waals surface area contributed by atoms with Crippen LogP contribution in [-0.2, 0) is 16.4 Å². The van der Waals surface area contributed by atoms with Crippen molar-refractivity contribution in [1.82, 2.24) is 9.29 Å². The Balaban J connectivity index is 1.81. The molecular weight excluding hydrogens is 411 g/mol. The van der Waals surface area contributed by atoms with E-state index in [0.717, 1.165) is 54.6 Å². The molecule has 0 amide bonds. The van der Waals surface area contributed by atoms with Gasteiger partial charge in [-0.3, -0.25) is 0 Å². The summed E-state index contributed by atoms with van der Waals surface area (Å²) in [4.78, 5) is 0. The maximum atomic E-state index is 13.2. The zero-order valence-corrected chi connectivity index (χ0v) is 17.1. The first-order valence-corrected chi connectivity index (χ1v) is 11.5. The SMILES string of the molecule is O=S(=O)(c1scc(Cl)c1Cl)n1cc(CC2CCNCC2)c2ccccc21. The van der Waals surface area contributed by atoms with Gasteiger partial charge in [-0.2, -0.15) is 8.42 Å². The van der Waals surface area contributed by atoms with Gasteiger partial charge in [0, 0.05) is 17.0 Å². The van der Waals surface area contributed by atoms with Crippen molar-refractivity contribution < 1.29 is 8.42 Å². The van der Waals surface area contributed by atoms with Crippen LogP contribution in [-0.4, -0.2) is 25.5 Å². The van der Waals surface area contributed by atoms with Crippen molar-refractivity contribution in [2.45, 2.75) is 23.5 Å². The van der Waals surface area contributed by atoms with Crippen molar-refractivity contribution in [2.24, 2.45) is 5.92 Å². The van der Waals surface area contributed by atoms with E-state index in [-0.39, 0.29) is 14.3 Å². The molecule has 1 saturated heterocycles. The summed E-state index contributed by atoms with van der Waals surface area (Å²) in [7, 11) is -3.79. The maximum Gasteiger partial charge on any atom is 0.279 e. The molecule has 1 aliphatic rings. The van der Waals surface area contributed by atoms with Gasteiger partial charge in [-0.1, -0.05) is 41.4 Å². The lowest BCUT2D eigenvalue weighted by Crippen LogP contribution is -2.28. The van der Waals surface area contributed by atoms with E-state index in [1.807, 2.05) is 24.3 Å². The minimum Gasteiger partial charge on any atom is -0.317 e. The van der Waals surface area contributed by atoms with E-state index in [1.54, 1.807) is 11.6 Å². The average molecular weight is 429 g/mol. The normalized spacial score (nSPS) is 16.4. The van der Waals surface area contributed by atoms with Crippen LogP contribution in [0.2, 0.25) is 10.0 Å². The fourth-order valence-corrected chi connectivity index (χ4v) is 7.04. The monoisotopic (exact) mass is 428 g/mol. The van der Waals surface area contributed by atoms with Gasteiger partial charge in [0.1, 0.15) is 0 Å². The van der Waals surface area contributed by atoms with Gasteiger partial charge in [-0.05, 0) is 49.9 Å². The number of thiophene rings is 1. The Kier molecular flexibility index (Phi) is 5.05. The first kappa shape index (κ1) is 18.3. The minimum absolute atomic E-state index is 0.0818. The second-order valence-corrected chi connectivity index (χ2v) is 10.2. The third-order valence-corrected chi connectivity index (χ3v) is 9.21. The second-order valence-electron chi connectivity index (χ2n) is 6.55. The molecule has 3 heterocycles. The lowest BCUT2D eigenvalue weighted by atomic mass is 9.91. The second kappa shape index (κ2) is 7.17. The van der Waals surface area contributed by atoms with Crippen LogP contribution in [0.3, 0.4) is 0 Å². The van der Waals surface area contributed by atoms with Gasteiger partial charge < -0.3 is 5.32 Å². The standard InChI is InChI=1S/C18H18Cl2N2O2S2/c19-15-11-25-18(17(15)20)26(23,24)22-10-13(9-12-5-7-21-8-6-12)14-3-1-2-4-16(14)22/h1-4,10-12,21H,5-9H2. The molecule has 4 nitrogen and oxygen atoms in total. The number of halogens is 2. The Morgan fingerprint density at radius 2 is 1.92 bits per heavy atom. The highest BCUT2D eigenvalue weighted by Gasteiger charge is 2.27. The molecule has 0 unspecified atom stereocenters. The Morgan fingerprint density at radius 3 is 2.62 bits per heavy atom. The van der Waals surface area contributed by atoms with Crippen LogP contribution in [0.25, 0.3) is 10.9 Å². The van der Waals surface area contributed by atoms with Gasteiger partial charge in [0.05, 0.1) is 15.6 Å². The molecule has 1 aromatic carbocycles. The van der Waals surface area contributed by atoms with Crippen molar-refractivity contribution in [1.29, 1.82) is 0 Å². The number of nitrogens with zero attached hydrogens (tertiary/aromatic N) is 1. The molecule has 8 heteroatoms. The zero-order valence-electron chi connectivity index (χ0n) is 13.9. The number of rotatable bonds is 4. The molecule has 0 aliphatic carbocycles. The van der Waals surface area contributed by atoms with Crippen molar-refractivity contribution >= 4 is 55.5 Å². The van der Waals surface area contributed by atoms with Gasteiger partial charge in [-0.25, -0.2) is 3.97 Å². The Labute approximate surface area is 166 Å². The number of aromatic nitrogens is 1. The largest absolute Gasteiger partial charge is 0.317 e. The van der Waals surface area contributed by atoms with E-state index in [2.05, 4.69) is 5.32 Å². The van der Waals surface area contributed by atoms with E-state index in [4.69, 9.17) is 23.2 Å². The Hall–Kier alpha value is -1.05. The Bertz CT molecular complexity index is 1050. The smallest absolute Gasteiger partial charge is 0.279 e. The van der Waals surface area contributed by atoms with Gasteiger partial charge in [0.25, 0.3) is 10.0 Å². The van der Waals surface area contributed by atoms with E-state index >= 15 is 0 Å². The summed E-state index contributed by atoms with van der Waals surface area (Å²) >= 11 is 13.2. The highest BCUT2D eigenvalue weighted by molar-refractivity contribution is 7.92. The summed E-state index contributed by atoms with van der Waals surface area (Å²) in [6.07, 6.45) is 4.85. The van der Waals surface area contributed by atoms with Gasteiger partial charge in [0.15, 0.2) is 4.21 Å². The first-order valence-electron chi connectivity index (χ1n) is 8.46. The molecule has 1 fully saturated rings. The van der Waals surface area contributed by atoms with Gasteiger partial charge in [-0.15, -0.1) is 11.3 Å². The highest BCUT2D eigenvalue weighted by atomic mass is 35.5. The van der Waals surface area contributed by atoms with Crippen LogP contribution in [0.5, 0.6) is 0 Å². The number of piperidine rings is 1. The molecule has 0 saturated carbocycles. The lowest BCUT2D eigenvalue weighted by molar-refractivity contribution is 0.373. The van der Waals surface area contributed by atoms with Gasteiger partial charge in [0.2, 0.25) is 0 Å². The average Bonchev–Trinajstić information content (AvgIpc) is 3.18. The number of para-hydroxylation sites is 1. The summed E-state index contributed by atoms with van der Waals surface area (Å²) in [5.74, 6) is 0.568. The molecule has 3 aromatic rings. The molecule has 2 aromatic heterocycles. The van der Waals surface area contributed by atoms with Crippen molar-refractivity contribution in [3.05, 3.63) is 51.5 Å². The summed E-state index contributed by atoms with van der Waals surface area (Å²) < 4.78 is 27.9. The molecule has 138 valence electrons. The molecule has 0 atom stereocenters. The van der Waals surface area contributed by atoms with Crippen LogP contribution >= 0.6 is 34.5 Å². The van der Waals surface area contributed by atoms with Crippen LogP contribution in [0.15, 0.2) is 40.1 Å². The molecule has 4 rings (SSSR count). The first-order chi connectivity index (χ1) is 12.5. The zero-order chi connectivity index (χ0) is 18.3. The number of benzene rings is 1. The molecule has 1 N–H and O–H groups in total. The quantitative estimate of drug-likeness (QED) is 0.649. The van der Waals surface area contributed by atoms with Crippen LogP contribution in [0.4, 0.5) is 0 Å². The summed E-state index contributed by atoms with van der Waals surface area (Å²) in [5.41, 5.74) is 1.74. The summed E-state index contributed by atoms with van der Waals surface area (Å²) in [6.45, 7) is 2.04. The van der Waals surface area contributed by atoms with Crippen molar-refractivity contribution in [3.8, 4) is 0 Å². The lowest BCUT2D eigenvalue weighted by Gasteiger charge is -2.22. The summed E-state index contributed by atoms with van der Waals surface area (Å²) in [5, 5.41) is 6.26. The van der Waals surface area contributed by atoms with E-state index in [9.17, 15) is 8.42 Å². The summed E-state index contributed by atoms with van der Waals surface area (Å²) in [6, 6.07) is 7.62. The molecule has 26 heavy (non-hydrogen) atoms. The van der Waals surface area contributed by atoms with Crippen molar-refractivity contribution in [2.75, 3.05) is 13.1 Å². The minimum atomic E-state index is -3.79. The van der Waals surface area contributed by atoms with Crippen LogP contribution in [0.1, 0.15) is 18.4 Å². The fourth-order valence-electron chi connectivity index (χ4n) is 3.55. The van der Waals surface area contributed by atoms with Gasteiger partial charge >= 0.3 is 0 Å². The number of nitrogens with one attached hydrogen (secondary N) is 1. The Morgan fingerprint density at radius 1 is 1.19 bits per heavy atom. The third-order valence-electron chi connectivity index (χ3n) is 4.88. The van der Waals surface area contributed by atoms with Crippen molar-refractivity contribution in [3.63, 3.8) is 0 Å². The number of hydrogen-bond acceptors (Lipinski definition) is 4. The molecule has 0 radical (unpaired) electrons. The van der Waals surface area contributed by atoms with E-state index in [0.29, 0.717) is 11.4 Å². The number of fused-ring (bicyclic) bond motifs is 1. The predicted molar refractivity (Wildman–Crippen MR) is 108 cm³/mol. The molecule has 0 spiro atoms. The fraction of sp³-hybridized carbons (Fsp3) is 0.333. The van der Waals surface area contributed by atoms with Crippen LogP contribution < -0.4 is 5.32 Å². The van der Waals surface area contributed by atoms with E-state index in [1.165, 1.54) is 3.97 Å². The molecule has 1 aliphatic heterocycles. The topological polar surface area (TPSA) is 51.1 Å². The van der Waals surface area contributed by atoms with E-state index < -0.39 is 10.0 Å². The van der Waals surface area contributed by atoms with Crippen LogP contribution in [0, 0.1) is 5.92 Å². The third kappa shape index (κ3) is 3.18. The maximum absolute atomic E-state index is 13.2. The molecule has 0 bridgehead atoms. The molecular formula is C18H18Cl2N2O2S2. The number of hydrogen-bond donors (Lipinski definition) is 1. The predicted octanol–water partition coefficient (Wildman–Crippen LogP) is 4.79.